The van der Waals surface area contributed by atoms with Gasteiger partial charge in [0.25, 0.3) is 0 Å². The Morgan fingerprint density at radius 3 is 2.41 bits per heavy atom. The Morgan fingerprint density at radius 1 is 1.00 bits per heavy atom. The van der Waals surface area contributed by atoms with Crippen LogP contribution in [0.3, 0.4) is 0 Å². The minimum atomic E-state index is -0.175. The first-order valence-corrected chi connectivity index (χ1v) is 5.94. The Kier molecular flexibility index (Phi) is 3.28. The third kappa shape index (κ3) is 2.55. The lowest BCUT2D eigenvalue weighted by Crippen LogP contribution is -1.93. The molecule has 0 spiro atoms. The van der Waals surface area contributed by atoms with Gasteiger partial charge in [-0.3, -0.25) is 0 Å². The van der Waals surface area contributed by atoms with Crippen LogP contribution in [0.15, 0.2) is 42.5 Å². The normalized spacial score (nSPS) is 10.9. The van der Waals surface area contributed by atoms with Gasteiger partial charge in [0, 0.05) is 0 Å². The van der Waals surface area contributed by atoms with Crippen LogP contribution >= 0.6 is 0 Å². The molecule has 2 aromatic carbocycles. The number of hydrogen-bond acceptors (Lipinski definition) is 0. The molecule has 0 nitrogen and oxygen atoms in total. The first-order valence-electron chi connectivity index (χ1n) is 5.94. The third-order valence-corrected chi connectivity index (χ3v) is 2.97. The molecule has 0 aliphatic rings. The Labute approximate surface area is 102 Å². The van der Waals surface area contributed by atoms with Gasteiger partial charge in [-0.1, -0.05) is 49.7 Å². The molecule has 0 saturated heterocycles. The lowest BCUT2D eigenvalue weighted by molar-refractivity contribution is 0.627. The van der Waals surface area contributed by atoms with Crippen molar-refractivity contribution in [3.05, 3.63) is 59.4 Å². The van der Waals surface area contributed by atoms with Gasteiger partial charge in [-0.05, 0) is 41.7 Å². The van der Waals surface area contributed by atoms with E-state index in [9.17, 15) is 4.39 Å². The molecule has 0 N–H and O–H groups in total. The van der Waals surface area contributed by atoms with E-state index in [0.717, 1.165) is 11.1 Å². The highest BCUT2D eigenvalue weighted by atomic mass is 19.1. The van der Waals surface area contributed by atoms with Gasteiger partial charge in [-0.25, -0.2) is 4.39 Å². The molecule has 0 atom stereocenters. The van der Waals surface area contributed by atoms with Crippen molar-refractivity contribution < 1.29 is 4.39 Å². The van der Waals surface area contributed by atoms with Gasteiger partial charge in [-0.2, -0.15) is 0 Å². The molecule has 0 heterocycles. The van der Waals surface area contributed by atoms with Gasteiger partial charge in [-0.15, -0.1) is 0 Å². The molecular formula is C16H17F. The summed E-state index contributed by atoms with van der Waals surface area (Å²) in [7, 11) is 0. The highest BCUT2D eigenvalue weighted by molar-refractivity contribution is 5.68. The lowest BCUT2D eigenvalue weighted by atomic mass is 9.92. The molecule has 0 aliphatic heterocycles. The van der Waals surface area contributed by atoms with Crippen molar-refractivity contribution in [1.82, 2.24) is 0 Å². The summed E-state index contributed by atoms with van der Waals surface area (Å²) >= 11 is 0. The topological polar surface area (TPSA) is 0 Å². The number of halogens is 1. The van der Waals surface area contributed by atoms with Gasteiger partial charge in [0.05, 0.1) is 0 Å². The quantitative estimate of drug-likeness (QED) is 0.684. The van der Waals surface area contributed by atoms with E-state index >= 15 is 0 Å². The molecule has 0 aliphatic carbocycles. The lowest BCUT2D eigenvalue weighted by Gasteiger charge is -2.13. The van der Waals surface area contributed by atoms with Gasteiger partial charge in [0.15, 0.2) is 0 Å². The molecule has 2 aromatic rings. The monoisotopic (exact) mass is 228 g/mol. The molecule has 0 saturated carbocycles. The van der Waals surface area contributed by atoms with Crippen molar-refractivity contribution in [3.8, 4) is 11.1 Å². The molecule has 1 heteroatoms. The standard InChI is InChI=1S/C16H17F/c1-11(2)15-8-7-14(17)10-16(15)13-6-4-5-12(3)9-13/h4-11H,1-3H3. The largest absolute Gasteiger partial charge is 0.207 e. The van der Waals surface area contributed by atoms with Crippen LogP contribution < -0.4 is 0 Å². The van der Waals surface area contributed by atoms with E-state index in [-0.39, 0.29) is 5.82 Å². The Morgan fingerprint density at radius 2 is 1.76 bits per heavy atom. The highest BCUT2D eigenvalue weighted by Gasteiger charge is 2.09. The smallest absolute Gasteiger partial charge is 0.123 e. The minimum Gasteiger partial charge on any atom is -0.207 e. The maximum Gasteiger partial charge on any atom is 0.123 e. The van der Waals surface area contributed by atoms with E-state index in [1.807, 2.05) is 18.2 Å². The molecule has 0 radical (unpaired) electrons. The molecule has 0 aromatic heterocycles. The van der Waals surface area contributed by atoms with Gasteiger partial charge in [0.1, 0.15) is 5.82 Å². The summed E-state index contributed by atoms with van der Waals surface area (Å²) in [5.41, 5.74) is 4.48. The van der Waals surface area contributed by atoms with E-state index in [2.05, 4.69) is 32.9 Å². The summed E-state index contributed by atoms with van der Waals surface area (Å²) in [6, 6.07) is 13.3. The average molecular weight is 228 g/mol. The van der Waals surface area contributed by atoms with E-state index < -0.39 is 0 Å². The second-order valence-corrected chi connectivity index (χ2v) is 4.76. The van der Waals surface area contributed by atoms with Crippen LogP contribution in [0.5, 0.6) is 0 Å². The van der Waals surface area contributed by atoms with E-state index in [1.165, 1.54) is 17.2 Å². The van der Waals surface area contributed by atoms with Crippen LogP contribution in [0.4, 0.5) is 4.39 Å². The fraction of sp³-hybridized carbons (Fsp3) is 0.250. The molecule has 0 unspecified atom stereocenters. The summed E-state index contributed by atoms with van der Waals surface area (Å²) in [5.74, 6) is 0.219. The van der Waals surface area contributed by atoms with Crippen molar-refractivity contribution in [2.75, 3.05) is 0 Å². The van der Waals surface area contributed by atoms with Gasteiger partial charge >= 0.3 is 0 Å². The van der Waals surface area contributed by atoms with Crippen LogP contribution in [0.1, 0.15) is 30.9 Å². The minimum absolute atomic E-state index is 0.175. The second kappa shape index (κ2) is 4.70. The fourth-order valence-electron chi connectivity index (χ4n) is 2.09. The van der Waals surface area contributed by atoms with Crippen molar-refractivity contribution in [3.63, 3.8) is 0 Å². The Bertz CT molecular complexity index is 527. The van der Waals surface area contributed by atoms with Crippen molar-refractivity contribution in [1.29, 1.82) is 0 Å². The Balaban J connectivity index is 2.61. The van der Waals surface area contributed by atoms with Crippen LogP contribution in [0.25, 0.3) is 11.1 Å². The molecule has 0 fully saturated rings. The van der Waals surface area contributed by atoms with E-state index in [1.54, 1.807) is 6.07 Å². The van der Waals surface area contributed by atoms with Crippen LogP contribution in [-0.2, 0) is 0 Å². The summed E-state index contributed by atoms with van der Waals surface area (Å²) in [6.07, 6.45) is 0. The van der Waals surface area contributed by atoms with Crippen LogP contribution in [-0.4, -0.2) is 0 Å². The average Bonchev–Trinajstić information content (AvgIpc) is 2.28. The van der Waals surface area contributed by atoms with E-state index in [4.69, 9.17) is 0 Å². The molecular weight excluding hydrogens is 211 g/mol. The van der Waals surface area contributed by atoms with Crippen LogP contribution in [0, 0.1) is 12.7 Å². The van der Waals surface area contributed by atoms with Crippen LogP contribution in [0.2, 0.25) is 0 Å². The maximum absolute atomic E-state index is 13.4. The molecule has 88 valence electrons. The zero-order chi connectivity index (χ0) is 12.4. The number of aryl methyl sites for hydroxylation is 1. The first-order chi connectivity index (χ1) is 8.08. The number of hydrogen-bond donors (Lipinski definition) is 0. The third-order valence-electron chi connectivity index (χ3n) is 2.97. The zero-order valence-electron chi connectivity index (χ0n) is 10.5. The summed E-state index contributed by atoms with van der Waals surface area (Å²) in [5, 5.41) is 0. The summed E-state index contributed by atoms with van der Waals surface area (Å²) in [4.78, 5) is 0. The summed E-state index contributed by atoms with van der Waals surface area (Å²) < 4.78 is 13.4. The number of rotatable bonds is 2. The summed E-state index contributed by atoms with van der Waals surface area (Å²) in [6.45, 7) is 6.32. The Hall–Kier alpha value is -1.63. The SMILES string of the molecule is Cc1cccc(-c2cc(F)ccc2C(C)C)c1. The maximum atomic E-state index is 13.4. The molecule has 0 amide bonds. The van der Waals surface area contributed by atoms with E-state index in [0.29, 0.717) is 5.92 Å². The molecule has 0 bridgehead atoms. The molecule has 17 heavy (non-hydrogen) atoms. The number of benzene rings is 2. The first kappa shape index (κ1) is 11.8. The predicted octanol–water partition coefficient (Wildman–Crippen LogP) is 4.92. The van der Waals surface area contributed by atoms with Crippen molar-refractivity contribution >= 4 is 0 Å². The second-order valence-electron chi connectivity index (χ2n) is 4.76. The van der Waals surface area contributed by atoms with Gasteiger partial charge in [0.2, 0.25) is 0 Å². The van der Waals surface area contributed by atoms with Crippen molar-refractivity contribution in [2.45, 2.75) is 26.7 Å². The predicted molar refractivity (Wildman–Crippen MR) is 70.7 cm³/mol. The van der Waals surface area contributed by atoms with Gasteiger partial charge < -0.3 is 0 Å². The molecule has 2 rings (SSSR count). The van der Waals surface area contributed by atoms with Crippen molar-refractivity contribution in [2.24, 2.45) is 0 Å². The zero-order valence-corrected chi connectivity index (χ0v) is 10.5. The fourth-order valence-corrected chi connectivity index (χ4v) is 2.09. The highest BCUT2D eigenvalue weighted by Crippen LogP contribution is 2.30.